The number of carbonyl (C=O) groups excluding carboxylic acids is 1. The molecule has 0 bridgehead atoms. The van der Waals surface area contributed by atoms with Crippen LogP contribution in [0.15, 0.2) is 70.8 Å². The van der Waals surface area contributed by atoms with Crippen molar-refractivity contribution in [3.63, 3.8) is 0 Å². The zero-order valence-electron chi connectivity index (χ0n) is 17.4. The zero-order chi connectivity index (χ0) is 22.1. The van der Waals surface area contributed by atoms with E-state index in [0.29, 0.717) is 34.7 Å². The number of hydrogen-bond acceptors (Lipinski definition) is 5. The molecule has 5 rings (SSSR count). The number of aromatic nitrogens is 2. The van der Waals surface area contributed by atoms with Gasteiger partial charge < -0.3 is 14.8 Å². The lowest BCUT2D eigenvalue weighted by Crippen LogP contribution is -2.48. The van der Waals surface area contributed by atoms with Crippen LogP contribution in [0.5, 0.6) is 0 Å². The highest BCUT2D eigenvalue weighted by molar-refractivity contribution is 7.71. The Labute approximate surface area is 194 Å². The van der Waals surface area contributed by atoms with Crippen LogP contribution in [0.25, 0.3) is 10.2 Å². The van der Waals surface area contributed by atoms with E-state index in [9.17, 15) is 9.59 Å². The average molecular weight is 463 g/mol. The first-order valence-electron chi connectivity index (χ1n) is 10.5. The van der Waals surface area contributed by atoms with Crippen molar-refractivity contribution in [1.29, 1.82) is 0 Å². The second-order valence-electron chi connectivity index (χ2n) is 7.80. The summed E-state index contributed by atoms with van der Waals surface area (Å²) in [6.45, 7) is 3.40. The Morgan fingerprint density at radius 1 is 0.969 bits per heavy atom. The summed E-state index contributed by atoms with van der Waals surface area (Å²) in [5.74, 6) is 0.0405. The van der Waals surface area contributed by atoms with Crippen LogP contribution in [-0.4, -0.2) is 46.5 Å². The minimum absolute atomic E-state index is 0.0405. The Morgan fingerprint density at radius 2 is 1.69 bits per heavy atom. The summed E-state index contributed by atoms with van der Waals surface area (Å²) >= 11 is 6.78. The summed E-state index contributed by atoms with van der Waals surface area (Å²) in [5, 5.41) is 1.88. The molecule has 1 fully saturated rings. The number of benzene rings is 2. The highest BCUT2D eigenvalue weighted by Crippen LogP contribution is 2.18. The fourth-order valence-electron chi connectivity index (χ4n) is 4.04. The van der Waals surface area contributed by atoms with Crippen molar-refractivity contribution in [2.24, 2.45) is 0 Å². The maximum atomic E-state index is 13.0. The average Bonchev–Trinajstić information content (AvgIpc) is 3.31. The smallest absolute Gasteiger partial charge is 0.272 e. The molecule has 0 atom stereocenters. The van der Waals surface area contributed by atoms with Crippen LogP contribution >= 0.6 is 23.6 Å². The molecular weight excluding hydrogens is 440 g/mol. The van der Waals surface area contributed by atoms with Crippen molar-refractivity contribution in [3.8, 4) is 0 Å². The van der Waals surface area contributed by atoms with E-state index in [1.807, 2.05) is 58.8 Å². The second kappa shape index (κ2) is 8.72. The lowest BCUT2D eigenvalue weighted by atomic mass is 10.1. The van der Waals surface area contributed by atoms with E-state index in [4.69, 9.17) is 12.2 Å². The molecule has 0 spiro atoms. The van der Waals surface area contributed by atoms with Gasteiger partial charge in [0.15, 0.2) is 4.77 Å². The van der Waals surface area contributed by atoms with Gasteiger partial charge in [0.1, 0.15) is 4.70 Å². The van der Waals surface area contributed by atoms with E-state index in [-0.39, 0.29) is 11.5 Å². The van der Waals surface area contributed by atoms with Gasteiger partial charge in [-0.15, -0.1) is 11.3 Å². The zero-order valence-corrected chi connectivity index (χ0v) is 19.0. The van der Waals surface area contributed by atoms with Crippen LogP contribution in [0.2, 0.25) is 0 Å². The van der Waals surface area contributed by atoms with E-state index >= 15 is 0 Å². The largest absolute Gasteiger partial charge is 0.368 e. The van der Waals surface area contributed by atoms with Crippen LogP contribution in [0.3, 0.4) is 0 Å². The lowest BCUT2D eigenvalue weighted by Gasteiger charge is -2.36. The van der Waals surface area contributed by atoms with E-state index in [2.05, 4.69) is 22.0 Å². The van der Waals surface area contributed by atoms with E-state index in [1.54, 1.807) is 4.57 Å². The number of carbonyl (C=O) groups is 1. The quantitative estimate of drug-likeness (QED) is 0.463. The van der Waals surface area contributed by atoms with E-state index < -0.39 is 0 Å². The number of aromatic amines is 1. The molecule has 1 amide bonds. The molecule has 2 aromatic heterocycles. The summed E-state index contributed by atoms with van der Waals surface area (Å²) in [5.41, 5.74) is 3.46. The molecule has 1 saturated heterocycles. The van der Waals surface area contributed by atoms with Crippen molar-refractivity contribution in [3.05, 3.63) is 92.3 Å². The van der Waals surface area contributed by atoms with Crippen molar-refractivity contribution >= 4 is 45.4 Å². The van der Waals surface area contributed by atoms with Crippen molar-refractivity contribution in [2.45, 2.75) is 6.54 Å². The number of hydrogen-bond donors (Lipinski definition) is 1. The fourth-order valence-corrected chi connectivity index (χ4v) is 5.09. The maximum Gasteiger partial charge on any atom is 0.272 e. The number of thiophene rings is 1. The maximum absolute atomic E-state index is 13.0. The highest BCUT2D eigenvalue weighted by Gasteiger charge is 2.22. The molecule has 6 nitrogen and oxygen atoms in total. The van der Waals surface area contributed by atoms with Gasteiger partial charge in [0.25, 0.3) is 11.5 Å². The summed E-state index contributed by atoms with van der Waals surface area (Å²) < 4.78 is 2.63. The number of fused-ring (bicyclic) bond motifs is 1. The van der Waals surface area contributed by atoms with Gasteiger partial charge in [0.2, 0.25) is 0 Å². The summed E-state index contributed by atoms with van der Waals surface area (Å²) in [7, 11) is 0. The van der Waals surface area contributed by atoms with Gasteiger partial charge in [-0.1, -0.05) is 30.3 Å². The van der Waals surface area contributed by atoms with Crippen molar-refractivity contribution in [2.75, 3.05) is 31.1 Å². The molecule has 2 aromatic carbocycles. The van der Waals surface area contributed by atoms with E-state index in [0.717, 1.165) is 24.2 Å². The molecule has 0 radical (unpaired) electrons. The third-order valence-electron chi connectivity index (χ3n) is 5.82. The van der Waals surface area contributed by atoms with Crippen LogP contribution < -0.4 is 10.5 Å². The molecule has 162 valence electrons. The van der Waals surface area contributed by atoms with Gasteiger partial charge in [-0.25, -0.2) is 0 Å². The van der Waals surface area contributed by atoms with Gasteiger partial charge in [-0.05, 0) is 53.5 Å². The molecule has 8 heteroatoms. The molecule has 0 saturated carbocycles. The first-order valence-corrected chi connectivity index (χ1v) is 11.8. The third-order valence-corrected chi connectivity index (χ3v) is 7.05. The number of para-hydroxylation sites is 1. The summed E-state index contributed by atoms with van der Waals surface area (Å²) in [4.78, 5) is 33.0. The minimum Gasteiger partial charge on any atom is -0.368 e. The first kappa shape index (κ1) is 20.7. The molecule has 1 aliphatic rings. The van der Waals surface area contributed by atoms with Gasteiger partial charge in [-0.2, -0.15) is 0 Å². The molecule has 0 unspecified atom stereocenters. The van der Waals surface area contributed by atoms with Crippen molar-refractivity contribution < 1.29 is 4.79 Å². The van der Waals surface area contributed by atoms with Gasteiger partial charge >= 0.3 is 0 Å². The molecule has 4 aromatic rings. The Balaban J connectivity index is 1.27. The number of nitrogens with zero attached hydrogens (tertiary/aromatic N) is 3. The fraction of sp³-hybridized carbons (Fsp3) is 0.208. The molecule has 1 aliphatic heterocycles. The molecule has 3 heterocycles. The van der Waals surface area contributed by atoms with Gasteiger partial charge in [-0.3, -0.25) is 14.2 Å². The Morgan fingerprint density at radius 3 is 2.41 bits per heavy atom. The Bertz CT molecular complexity index is 1370. The van der Waals surface area contributed by atoms with Crippen molar-refractivity contribution in [1.82, 2.24) is 14.5 Å². The number of amides is 1. The first-order chi connectivity index (χ1) is 15.6. The lowest BCUT2D eigenvalue weighted by molar-refractivity contribution is 0.0747. The SMILES string of the molecule is O=C(c1ccc(Cn2c(=S)[nH]c3ccsc3c2=O)cc1)N1CCN(c2ccccc2)CC1. The van der Waals surface area contributed by atoms with Crippen LogP contribution in [0.4, 0.5) is 5.69 Å². The molecular formula is C24H22N4O2S2. The number of nitrogens with one attached hydrogen (secondary N) is 1. The van der Waals surface area contributed by atoms with E-state index in [1.165, 1.54) is 17.0 Å². The highest BCUT2D eigenvalue weighted by atomic mass is 32.1. The number of rotatable bonds is 4. The topological polar surface area (TPSA) is 61.3 Å². The van der Waals surface area contributed by atoms with Gasteiger partial charge in [0, 0.05) is 37.4 Å². The molecule has 1 N–H and O–H groups in total. The van der Waals surface area contributed by atoms with Crippen LogP contribution in [0, 0.1) is 4.77 Å². The minimum atomic E-state index is -0.0878. The monoisotopic (exact) mass is 462 g/mol. The molecule has 0 aliphatic carbocycles. The Hall–Kier alpha value is -3.23. The van der Waals surface area contributed by atoms with Crippen LogP contribution in [0.1, 0.15) is 15.9 Å². The van der Waals surface area contributed by atoms with Crippen LogP contribution in [-0.2, 0) is 6.54 Å². The number of H-pyrrole nitrogens is 1. The predicted octanol–water partition coefficient (Wildman–Crippen LogP) is 4.13. The normalized spacial score (nSPS) is 14.1. The summed E-state index contributed by atoms with van der Waals surface area (Å²) in [6.07, 6.45) is 0. The molecule has 32 heavy (non-hydrogen) atoms. The summed E-state index contributed by atoms with van der Waals surface area (Å²) in [6, 6.07) is 19.6. The predicted molar refractivity (Wildman–Crippen MR) is 131 cm³/mol. The second-order valence-corrected chi connectivity index (χ2v) is 9.10. The number of piperazine rings is 1. The Kier molecular flexibility index (Phi) is 5.63. The standard InChI is InChI=1S/C24H22N4O2S2/c29-22(27-13-11-26(12-14-27)19-4-2-1-3-5-19)18-8-6-17(7-9-18)16-28-23(30)21-20(10-15-32-21)25-24(28)31/h1-10,15H,11-14,16H2,(H,25,31). The van der Waals surface area contributed by atoms with Gasteiger partial charge in [0.05, 0.1) is 12.1 Å². The number of anilines is 1. The third kappa shape index (κ3) is 3.99.